The highest BCUT2D eigenvalue weighted by molar-refractivity contribution is 6.14. The molecule has 1 aliphatic rings. The summed E-state index contributed by atoms with van der Waals surface area (Å²) in [6, 6.07) is 15.0. The lowest BCUT2D eigenvalue weighted by Crippen LogP contribution is -3.10. The van der Waals surface area contributed by atoms with Crippen molar-refractivity contribution in [3.8, 4) is 23.6 Å². The van der Waals surface area contributed by atoms with Gasteiger partial charge >= 0.3 is 0 Å². The summed E-state index contributed by atoms with van der Waals surface area (Å²) in [6.07, 6.45) is 1.69. The van der Waals surface area contributed by atoms with E-state index in [0.29, 0.717) is 21.8 Å². The maximum Gasteiger partial charge on any atom is 0.231 e. The van der Waals surface area contributed by atoms with Gasteiger partial charge in [-0.3, -0.25) is 4.79 Å². The van der Waals surface area contributed by atoms with Crippen molar-refractivity contribution < 1.29 is 19.5 Å². The molecule has 0 aromatic heterocycles. The Morgan fingerprint density at radius 2 is 1.70 bits per heavy atom. The number of nitrogens with zero attached hydrogens (tertiary/aromatic N) is 2. The van der Waals surface area contributed by atoms with Crippen molar-refractivity contribution in [2.24, 2.45) is 0 Å². The van der Waals surface area contributed by atoms with Crippen LogP contribution < -0.4 is 9.64 Å². The molecule has 152 valence electrons. The molecule has 2 aromatic carbocycles. The highest BCUT2D eigenvalue weighted by Gasteiger charge is 2.32. The number of quaternary nitrogens is 1. The average Bonchev–Trinajstić information content (AvgIpc) is 3.00. The van der Waals surface area contributed by atoms with Crippen LogP contribution in [-0.2, 0) is 12.0 Å². The van der Waals surface area contributed by atoms with Crippen LogP contribution in [0.15, 0.2) is 42.2 Å². The zero-order chi connectivity index (χ0) is 21.9. The number of carbonyl (C=O) groups excluding carboxylic acids is 1. The molecule has 0 bridgehead atoms. The normalized spacial score (nSPS) is 14.3. The summed E-state index contributed by atoms with van der Waals surface area (Å²) in [5, 5.41) is 28.3. The Morgan fingerprint density at radius 3 is 2.27 bits per heavy atom. The number of carbonyl (C=O) groups is 1. The molecule has 1 heterocycles. The Morgan fingerprint density at radius 1 is 1.07 bits per heavy atom. The molecule has 3 rings (SSSR count). The second-order valence-electron chi connectivity index (χ2n) is 8.35. The summed E-state index contributed by atoms with van der Waals surface area (Å²) >= 11 is 0. The first-order valence-corrected chi connectivity index (χ1v) is 9.71. The van der Waals surface area contributed by atoms with Gasteiger partial charge in [0.2, 0.25) is 5.78 Å². The number of ether oxygens (including phenoxy) is 1. The van der Waals surface area contributed by atoms with Crippen LogP contribution in [-0.4, -0.2) is 24.0 Å². The molecule has 6 nitrogen and oxygen atoms in total. The van der Waals surface area contributed by atoms with Gasteiger partial charge < -0.3 is 14.7 Å². The number of fused-ring (bicyclic) bond motifs is 1. The van der Waals surface area contributed by atoms with E-state index < -0.39 is 0 Å². The number of rotatable bonds is 5. The molecule has 1 aliphatic heterocycles. The van der Waals surface area contributed by atoms with Crippen molar-refractivity contribution >= 4 is 11.9 Å². The van der Waals surface area contributed by atoms with E-state index in [1.165, 1.54) is 17.7 Å². The molecule has 0 spiro atoms. The summed E-state index contributed by atoms with van der Waals surface area (Å²) < 4.78 is 5.86. The summed E-state index contributed by atoms with van der Waals surface area (Å²) in [4.78, 5) is 13.5. The lowest BCUT2D eigenvalue weighted by Gasteiger charge is -2.18. The van der Waals surface area contributed by atoms with Gasteiger partial charge in [-0.15, -0.1) is 0 Å². The van der Waals surface area contributed by atoms with Crippen LogP contribution in [0.25, 0.3) is 6.08 Å². The summed E-state index contributed by atoms with van der Waals surface area (Å²) in [5.74, 6) is 0.201. The standard InChI is InChI=1S/C24H23N3O3/c1-24(2,3)17-6-4-16(5-7-17)14-21-22(29)18-8-9-20(28)19(23(18)30-21)15-27(12-10-25)13-11-26/h4-9,14,28H,12-13,15H2,1-3H3/p+1/b21-14-. The van der Waals surface area contributed by atoms with Gasteiger partial charge in [0.05, 0.1) is 11.1 Å². The number of phenols is 1. The van der Waals surface area contributed by atoms with E-state index in [4.69, 9.17) is 15.3 Å². The van der Waals surface area contributed by atoms with E-state index in [0.717, 1.165) is 5.56 Å². The Kier molecular flexibility index (Phi) is 5.91. The first kappa shape index (κ1) is 21.1. The van der Waals surface area contributed by atoms with Crippen molar-refractivity contribution in [2.45, 2.75) is 32.7 Å². The predicted molar refractivity (Wildman–Crippen MR) is 112 cm³/mol. The Balaban J connectivity index is 1.92. The number of hydrogen-bond donors (Lipinski definition) is 2. The first-order valence-electron chi connectivity index (χ1n) is 9.71. The summed E-state index contributed by atoms with van der Waals surface area (Å²) in [5.41, 5.74) is 2.86. The van der Waals surface area contributed by atoms with Crippen molar-refractivity contribution in [1.29, 1.82) is 10.5 Å². The molecule has 0 radical (unpaired) electrons. The molecule has 2 aromatic rings. The zero-order valence-electron chi connectivity index (χ0n) is 17.3. The van der Waals surface area contributed by atoms with Crippen molar-refractivity contribution in [1.82, 2.24) is 0 Å². The third kappa shape index (κ3) is 4.35. The van der Waals surface area contributed by atoms with Crippen molar-refractivity contribution in [3.63, 3.8) is 0 Å². The van der Waals surface area contributed by atoms with Gasteiger partial charge in [-0.1, -0.05) is 45.0 Å². The average molecular weight is 402 g/mol. The number of Topliss-reactive ketones (excluding diaryl/α,β-unsaturated/α-hetero) is 1. The molecule has 0 amide bonds. The van der Waals surface area contributed by atoms with E-state index in [1.54, 1.807) is 6.08 Å². The molecule has 6 heteroatoms. The molecule has 0 atom stereocenters. The van der Waals surface area contributed by atoms with Gasteiger partial charge in [-0.25, -0.2) is 0 Å². The maximum absolute atomic E-state index is 12.8. The smallest absolute Gasteiger partial charge is 0.231 e. The molecule has 30 heavy (non-hydrogen) atoms. The third-order valence-corrected chi connectivity index (χ3v) is 5.08. The topological polar surface area (TPSA) is 98.5 Å². The second kappa shape index (κ2) is 8.41. The van der Waals surface area contributed by atoms with Gasteiger partial charge in [-0.05, 0) is 34.8 Å². The minimum atomic E-state index is -0.256. The van der Waals surface area contributed by atoms with E-state index in [2.05, 4.69) is 20.8 Å². The molecule has 0 saturated carbocycles. The maximum atomic E-state index is 12.8. The van der Waals surface area contributed by atoms with Gasteiger partial charge in [0.1, 0.15) is 24.4 Å². The summed E-state index contributed by atoms with van der Waals surface area (Å²) in [6.45, 7) is 6.83. The first-order chi connectivity index (χ1) is 14.2. The molecule has 0 saturated heterocycles. The quantitative estimate of drug-likeness (QED) is 0.592. The number of phenolic OH excluding ortho intramolecular Hbond substituents is 1. The number of ketones is 1. The van der Waals surface area contributed by atoms with Crippen LogP contribution in [0, 0.1) is 22.7 Å². The lowest BCUT2D eigenvalue weighted by molar-refractivity contribution is -0.899. The Bertz CT molecular complexity index is 1060. The van der Waals surface area contributed by atoms with Gasteiger partial charge in [0, 0.05) is 0 Å². The number of nitriles is 2. The zero-order valence-corrected chi connectivity index (χ0v) is 17.3. The highest BCUT2D eigenvalue weighted by Crippen LogP contribution is 2.39. The Labute approximate surface area is 176 Å². The Hall–Kier alpha value is -3.61. The second-order valence-corrected chi connectivity index (χ2v) is 8.35. The van der Waals surface area contributed by atoms with Gasteiger partial charge in [0.15, 0.2) is 24.6 Å². The van der Waals surface area contributed by atoms with E-state index in [9.17, 15) is 9.90 Å². The fraction of sp³-hybridized carbons (Fsp3) is 0.292. The predicted octanol–water partition coefficient (Wildman–Crippen LogP) is 2.74. The van der Waals surface area contributed by atoms with Crippen LogP contribution in [0.5, 0.6) is 11.5 Å². The number of aromatic hydroxyl groups is 1. The molecular weight excluding hydrogens is 378 g/mol. The van der Waals surface area contributed by atoms with Crippen molar-refractivity contribution in [2.75, 3.05) is 13.1 Å². The largest absolute Gasteiger partial charge is 0.507 e. The minimum Gasteiger partial charge on any atom is -0.507 e. The van der Waals surface area contributed by atoms with Gasteiger partial charge in [-0.2, -0.15) is 10.5 Å². The fourth-order valence-electron chi connectivity index (χ4n) is 3.36. The van der Waals surface area contributed by atoms with E-state index in [1.807, 2.05) is 36.4 Å². The van der Waals surface area contributed by atoms with E-state index >= 15 is 0 Å². The number of benzene rings is 2. The summed E-state index contributed by atoms with van der Waals surface area (Å²) in [7, 11) is 0. The number of hydrogen-bond acceptors (Lipinski definition) is 5. The van der Waals surface area contributed by atoms with Crippen LogP contribution in [0.4, 0.5) is 0 Å². The lowest BCUT2D eigenvalue weighted by atomic mass is 9.86. The van der Waals surface area contributed by atoms with Crippen molar-refractivity contribution in [3.05, 3.63) is 64.4 Å². The van der Waals surface area contributed by atoms with Crippen LogP contribution in [0.2, 0.25) is 0 Å². The molecule has 0 unspecified atom stereocenters. The molecular formula is C24H24N3O3+. The number of allylic oxidation sites excluding steroid dienone is 1. The van der Waals surface area contributed by atoms with E-state index in [-0.39, 0.29) is 42.3 Å². The monoisotopic (exact) mass is 402 g/mol. The molecule has 0 fully saturated rings. The van der Waals surface area contributed by atoms with Crippen LogP contribution in [0.3, 0.4) is 0 Å². The van der Waals surface area contributed by atoms with Crippen LogP contribution >= 0.6 is 0 Å². The minimum absolute atomic E-state index is 0.0225. The number of nitrogens with one attached hydrogen (secondary N) is 1. The molecule has 0 aliphatic carbocycles. The van der Waals surface area contributed by atoms with Gasteiger partial charge in [0.25, 0.3) is 0 Å². The van der Waals surface area contributed by atoms with Crippen LogP contribution in [0.1, 0.15) is 47.8 Å². The SMILES string of the molecule is CC(C)(C)c1ccc(/C=C2\Oc3c(ccc(O)c3C[NH+](CC#N)CC#N)C2=O)cc1. The third-order valence-electron chi connectivity index (χ3n) is 5.08. The fourth-order valence-corrected chi connectivity index (χ4v) is 3.36. The highest BCUT2D eigenvalue weighted by atomic mass is 16.5. The molecule has 2 N–H and O–H groups in total.